The van der Waals surface area contributed by atoms with Crippen LogP contribution in [0.15, 0.2) is 18.2 Å². The fourth-order valence-corrected chi connectivity index (χ4v) is 2.09. The molecule has 4 nitrogen and oxygen atoms in total. The number of hydrogen-bond donors (Lipinski definition) is 1. The van der Waals surface area contributed by atoms with Crippen molar-refractivity contribution in [2.45, 2.75) is 20.4 Å². The van der Waals surface area contributed by atoms with E-state index in [0.29, 0.717) is 17.9 Å². The normalized spacial score (nSPS) is 11.4. The van der Waals surface area contributed by atoms with Gasteiger partial charge in [-0.2, -0.15) is 5.26 Å². The summed E-state index contributed by atoms with van der Waals surface area (Å²) in [5.41, 5.74) is 7.55. The molecule has 0 amide bonds. The highest BCUT2D eigenvalue weighted by molar-refractivity contribution is 5.45. The van der Waals surface area contributed by atoms with Gasteiger partial charge in [0, 0.05) is 13.1 Å². The molecule has 0 saturated heterocycles. The van der Waals surface area contributed by atoms with Gasteiger partial charge in [-0.25, -0.2) is 0 Å². The molecule has 0 spiro atoms. The smallest absolute Gasteiger partial charge is 0.136 e. The number of ether oxygens (including phenoxy) is 1. The Morgan fingerprint density at radius 1 is 1.42 bits per heavy atom. The minimum Gasteiger partial charge on any atom is -0.495 e. The van der Waals surface area contributed by atoms with Crippen molar-refractivity contribution < 1.29 is 4.74 Å². The Bertz CT molecular complexity index is 463. The molecule has 1 rings (SSSR count). The van der Waals surface area contributed by atoms with E-state index in [9.17, 15) is 0 Å². The highest BCUT2D eigenvalue weighted by atomic mass is 16.5. The van der Waals surface area contributed by atoms with E-state index in [2.05, 4.69) is 31.9 Å². The summed E-state index contributed by atoms with van der Waals surface area (Å²) in [7, 11) is 3.66. The van der Waals surface area contributed by atoms with E-state index < -0.39 is 0 Å². The minimum atomic E-state index is 0.103. The molecule has 0 aliphatic heterocycles. The number of nitriles is 1. The van der Waals surface area contributed by atoms with Gasteiger partial charge in [0.1, 0.15) is 11.8 Å². The van der Waals surface area contributed by atoms with Crippen molar-refractivity contribution in [2.24, 2.45) is 11.1 Å². The molecule has 0 aromatic heterocycles. The zero-order valence-electron chi connectivity index (χ0n) is 12.2. The van der Waals surface area contributed by atoms with E-state index >= 15 is 0 Å². The average molecular weight is 261 g/mol. The van der Waals surface area contributed by atoms with Gasteiger partial charge in [0.15, 0.2) is 0 Å². The van der Waals surface area contributed by atoms with Crippen LogP contribution in [0.4, 0.5) is 0 Å². The molecular weight excluding hydrogens is 238 g/mol. The van der Waals surface area contributed by atoms with Crippen LogP contribution in [-0.2, 0) is 6.54 Å². The lowest BCUT2D eigenvalue weighted by Crippen LogP contribution is -2.36. The number of methoxy groups -OCH3 is 1. The lowest BCUT2D eigenvalue weighted by atomic mass is 9.93. The Kier molecular flexibility index (Phi) is 5.34. The van der Waals surface area contributed by atoms with Crippen molar-refractivity contribution in [1.29, 1.82) is 5.26 Å². The second-order valence-electron chi connectivity index (χ2n) is 5.69. The second kappa shape index (κ2) is 6.55. The van der Waals surface area contributed by atoms with Crippen LogP contribution in [0.5, 0.6) is 5.75 Å². The first-order chi connectivity index (χ1) is 8.91. The number of rotatable bonds is 6. The Hall–Kier alpha value is -1.57. The molecule has 0 aliphatic rings. The molecule has 4 heteroatoms. The highest BCUT2D eigenvalue weighted by Crippen LogP contribution is 2.21. The van der Waals surface area contributed by atoms with Gasteiger partial charge in [-0.1, -0.05) is 19.9 Å². The number of hydrogen-bond acceptors (Lipinski definition) is 4. The van der Waals surface area contributed by atoms with Crippen molar-refractivity contribution in [3.05, 3.63) is 29.3 Å². The Labute approximate surface area is 115 Å². The summed E-state index contributed by atoms with van der Waals surface area (Å²) in [5.74, 6) is 0.631. The Morgan fingerprint density at radius 2 is 2.11 bits per heavy atom. The quantitative estimate of drug-likeness (QED) is 0.850. The average Bonchev–Trinajstić information content (AvgIpc) is 2.37. The van der Waals surface area contributed by atoms with Gasteiger partial charge in [0.2, 0.25) is 0 Å². The van der Waals surface area contributed by atoms with E-state index in [-0.39, 0.29) is 5.41 Å². The van der Waals surface area contributed by atoms with Gasteiger partial charge in [0.05, 0.1) is 12.7 Å². The lowest BCUT2D eigenvalue weighted by Gasteiger charge is -2.29. The van der Waals surface area contributed by atoms with E-state index in [4.69, 9.17) is 15.7 Å². The zero-order valence-corrected chi connectivity index (χ0v) is 12.2. The van der Waals surface area contributed by atoms with E-state index in [1.165, 1.54) is 0 Å². The van der Waals surface area contributed by atoms with Crippen molar-refractivity contribution in [3.8, 4) is 11.8 Å². The largest absolute Gasteiger partial charge is 0.495 e. The summed E-state index contributed by atoms with van der Waals surface area (Å²) in [4.78, 5) is 2.23. The van der Waals surface area contributed by atoms with Gasteiger partial charge in [-0.05, 0) is 36.7 Å². The summed E-state index contributed by atoms with van der Waals surface area (Å²) >= 11 is 0. The minimum absolute atomic E-state index is 0.103. The topological polar surface area (TPSA) is 62.3 Å². The molecule has 1 aromatic rings. The third kappa shape index (κ3) is 4.55. The first-order valence-corrected chi connectivity index (χ1v) is 6.37. The molecule has 19 heavy (non-hydrogen) atoms. The second-order valence-corrected chi connectivity index (χ2v) is 5.69. The molecule has 0 saturated carbocycles. The predicted molar refractivity (Wildman–Crippen MR) is 76.9 cm³/mol. The Balaban J connectivity index is 2.75. The van der Waals surface area contributed by atoms with E-state index in [0.717, 1.165) is 18.7 Å². The first-order valence-electron chi connectivity index (χ1n) is 6.37. The molecule has 0 unspecified atom stereocenters. The molecule has 2 N–H and O–H groups in total. The summed E-state index contributed by atoms with van der Waals surface area (Å²) in [6, 6.07) is 7.81. The maximum absolute atomic E-state index is 8.95. The zero-order chi connectivity index (χ0) is 14.5. The van der Waals surface area contributed by atoms with E-state index in [1.807, 2.05) is 12.1 Å². The third-order valence-electron chi connectivity index (χ3n) is 3.09. The monoisotopic (exact) mass is 261 g/mol. The fraction of sp³-hybridized carbons (Fsp3) is 0.533. The number of nitrogens with zero attached hydrogens (tertiary/aromatic N) is 2. The molecule has 0 bridgehead atoms. The molecule has 1 aromatic carbocycles. The van der Waals surface area contributed by atoms with Crippen LogP contribution in [-0.4, -0.2) is 32.1 Å². The highest BCUT2D eigenvalue weighted by Gasteiger charge is 2.18. The maximum Gasteiger partial charge on any atom is 0.136 e. The molecule has 104 valence electrons. The number of benzene rings is 1. The molecule has 0 heterocycles. The first kappa shape index (κ1) is 15.5. The van der Waals surface area contributed by atoms with Gasteiger partial charge in [-0.15, -0.1) is 0 Å². The van der Waals surface area contributed by atoms with Crippen LogP contribution < -0.4 is 10.5 Å². The standard InChI is InChI=1S/C15H23N3O/c1-15(2,10-17)11-18(3)9-12-5-6-13(8-16)14(7-12)19-4/h5-7H,9-11,17H2,1-4H3. The molecule has 0 fully saturated rings. The molecular formula is C15H23N3O. The summed E-state index contributed by atoms with van der Waals surface area (Å²) < 4.78 is 5.22. The molecule has 0 radical (unpaired) electrons. The number of nitrogens with two attached hydrogens (primary N) is 1. The van der Waals surface area contributed by atoms with Gasteiger partial charge in [0.25, 0.3) is 0 Å². The van der Waals surface area contributed by atoms with Crippen LogP contribution >= 0.6 is 0 Å². The van der Waals surface area contributed by atoms with E-state index in [1.54, 1.807) is 13.2 Å². The lowest BCUT2D eigenvalue weighted by molar-refractivity contribution is 0.210. The van der Waals surface area contributed by atoms with Crippen LogP contribution in [0.1, 0.15) is 25.0 Å². The van der Waals surface area contributed by atoms with Gasteiger partial charge in [-0.3, -0.25) is 0 Å². The maximum atomic E-state index is 8.95. The van der Waals surface area contributed by atoms with Crippen molar-refractivity contribution in [1.82, 2.24) is 4.90 Å². The fourth-order valence-electron chi connectivity index (χ4n) is 2.09. The van der Waals surface area contributed by atoms with Crippen LogP contribution in [0.25, 0.3) is 0 Å². The molecule has 0 aliphatic carbocycles. The Morgan fingerprint density at radius 3 is 2.63 bits per heavy atom. The summed E-state index contributed by atoms with van der Waals surface area (Å²) in [5, 5.41) is 8.95. The summed E-state index contributed by atoms with van der Waals surface area (Å²) in [6.45, 7) is 6.71. The van der Waals surface area contributed by atoms with Crippen LogP contribution in [0.2, 0.25) is 0 Å². The van der Waals surface area contributed by atoms with Crippen molar-refractivity contribution >= 4 is 0 Å². The van der Waals surface area contributed by atoms with Crippen molar-refractivity contribution in [3.63, 3.8) is 0 Å². The summed E-state index contributed by atoms with van der Waals surface area (Å²) in [6.07, 6.45) is 0. The van der Waals surface area contributed by atoms with Crippen LogP contribution in [0, 0.1) is 16.7 Å². The van der Waals surface area contributed by atoms with Gasteiger partial charge < -0.3 is 15.4 Å². The SMILES string of the molecule is COc1cc(CN(C)CC(C)(C)CN)ccc1C#N. The van der Waals surface area contributed by atoms with Gasteiger partial charge >= 0.3 is 0 Å². The molecule has 0 atom stereocenters. The predicted octanol–water partition coefficient (Wildman–Crippen LogP) is 1.98. The van der Waals surface area contributed by atoms with Crippen molar-refractivity contribution in [2.75, 3.05) is 27.2 Å². The van der Waals surface area contributed by atoms with Crippen LogP contribution in [0.3, 0.4) is 0 Å². The third-order valence-corrected chi connectivity index (χ3v) is 3.09.